The Kier molecular flexibility index (Phi) is 5.21. The van der Waals surface area contributed by atoms with E-state index in [-0.39, 0.29) is 0 Å². The Balaban J connectivity index is 1.93. The molecule has 2 nitrogen and oxygen atoms in total. The van der Waals surface area contributed by atoms with Gasteiger partial charge in [0, 0.05) is 0 Å². The molecular formula is C16H26N2. The Labute approximate surface area is 111 Å². The Morgan fingerprint density at radius 3 is 2.50 bits per heavy atom. The normalized spacial score (nSPS) is 20.6. The van der Waals surface area contributed by atoms with Gasteiger partial charge in [-0.1, -0.05) is 37.3 Å². The molecule has 2 rings (SSSR count). The molecule has 1 heterocycles. The van der Waals surface area contributed by atoms with Crippen molar-refractivity contribution in [3.05, 3.63) is 35.9 Å². The van der Waals surface area contributed by atoms with Gasteiger partial charge in [0.05, 0.1) is 0 Å². The lowest BCUT2D eigenvalue weighted by atomic mass is 9.78. The van der Waals surface area contributed by atoms with E-state index in [0.717, 1.165) is 12.5 Å². The van der Waals surface area contributed by atoms with E-state index >= 15 is 0 Å². The zero-order valence-electron chi connectivity index (χ0n) is 11.4. The van der Waals surface area contributed by atoms with Gasteiger partial charge in [-0.05, 0) is 62.2 Å². The van der Waals surface area contributed by atoms with Crippen LogP contribution < -0.4 is 11.1 Å². The van der Waals surface area contributed by atoms with Gasteiger partial charge in [-0.25, -0.2) is 0 Å². The van der Waals surface area contributed by atoms with Crippen LogP contribution in [-0.2, 0) is 0 Å². The number of nitrogens with one attached hydrogen (secondary N) is 1. The molecule has 3 N–H and O–H groups in total. The Bertz CT molecular complexity index is 330. The second-order valence-electron chi connectivity index (χ2n) is 5.63. The number of benzene rings is 1. The highest BCUT2D eigenvalue weighted by molar-refractivity contribution is 5.18. The highest BCUT2D eigenvalue weighted by Gasteiger charge is 2.24. The second-order valence-corrected chi connectivity index (χ2v) is 5.63. The summed E-state index contributed by atoms with van der Waals surface area (Å²) in [4.78, 5) is 0. The van der Waals surface area contributed by atoms with E-state index in [1.807, 2.05) is 0 Å². The standard InChI is InChI=1S/C16H26N2/c1-13(14-5-3-2-4-6-14)11-16(12-17)15-7-9-18-10-8-15/h2-6,13,15-16,18H,7-12,17H2,1H3/t13-,16+/m0/s1. The average Bonchev–Trinajstić information content (AvgIpc) is 2.46. The van der Waals surface area contributed by atoms with Crippen molar-refractivity contribution >= 4 is 0 Å². The van der Waals surface area contributed by atoms with Gasteiger partial charge in [0.1, 0.15) is 0 Å². The van der Waals surface area contributed by atoms with Crippen molar-refractivity contribution in [2.75, 3.05) is 19.6 Å². The van der Waals surface area contributed by atoms with Gasteiger partial charge in [0.2, 0.25) is 0 Å². The first kappa shape index (κ1) is 13.6. The minimum Gasteiger partial charge on any atom is -0.330 e. The monoisotopic (exact) mass is 246 g/mol. The Hall–Kier alpha value is -0.860. The maximum absolute atomic E-state index is 6.01. The van der Waals surface area contributed by atoms with Crippen molar-refractivity contribution in [2.24, 2.45) is 17.6 Å². The molecule has 1 aliphatic heterocycles. The summed E-state index contributed by atoms with van der Waals surface area (Å²) in [5, 5.41) is 3.44. The molecule has 0 aliphatic carbocycles. The topological polar surface area (TPSA) is 38.0 Å². The van der Waals surface area contributed by atoms with E-state index in [9.17, 15) is 0 Å². The first-order chi connectivity index (χ1) is 8.81. The van der Waals surface area contributed by atoms with Gasteiger partial charge in [-0.2, -0.15) is 0 Å². The van der Waals surface area contributed by atoms with Crippen LogP contribution in [0.5, 0.6) is 0 Å². The summed E-state index contributed by atoms with van der Waals surface area (Å²) < 4.78 is 0. The fourth-order valence-corrected chi connectivity index (χ4v) is 3.17. The number of nitrogens with two attached hydrogens (primary N) is 1. The first-order valence-electron chi connectivity index (χ1n) is 7.27. The van der Waals surface area contributed by atoms with Crippen LogP contribution in [0, 0.1) is 11.8 Å². The van der Waals surface area contributed by atoms with Crippen LogP contribution in [0.4, 0.5) is 0 Å². The van der Waals surface area contributed by atoms with E-state index < -0.39 is 0 Å². The van der Waals surface area contributed by atoms with E-state index in [1.165, 1.54) is 37.9 Å². The smallest absolute Gasteiger partial charge is 0.00460 e. The summed E-state index contributed by atoms with van der Waals surface area (Å²) in [6.45, 7) is 5.50. The molecule has 100 valence electrons. The van der Waals surface area contributed by atoms with Crippen molar-refractivity contribution in [3.63, 3.8) is 0 Å². The average molecular weight is 246 g/mol. The molecule has 0 radical (unpaired) electrons. The molecule has 1 aromatic carbocycles. The highest BCUT2D eigenvalue weighted by atomic mass is 14.9. The Morgan fingerprint density at radius 1 is 1.22 bits per heavy atom. The highest BCUT2D eigenvalue weighted by Crippen LogP contribution is 2.30. The summed E-state index contributed by atoms with van der Waals surface area (Å²) in [7, 11) is 0. The molecule has 1 fully saturated rings. The van der Waals surface area contributed by atoms with E-state index in [1.54, 1.807) is 0 Å². The van der Waals surface area contributed by atoms with Crippen LogP contribution >= 0.6 is 0 Å². The zero-order valence-corrected chi connectivity index (χ0v) is 11.4. The van der Waals surface area contributed by atoms with E-state index in [0.29, 0.717) is 11.8 Å². The van der Waals surface area contributed by atoms with Gasteiger partial charge in [-0.15, -0.1) is 0 Å². The summed E-state index contributed by atoms with van der Waals surface area (Å²) in [5.41, 5.74) is 7.46. The number of rotatable bonds is 5. The lowest BCUT2D eigenvalue weighted by Gasteiger charge is -2.31. The summed E-state index contributed by atoms with van der Waals surface area (Å²) in [5.74, 6) is 2.12. The van der Waals surface area contributed by atoms with E-state index in [4.69, 9.17) is 5.73 Å². The van der Waals surface area contributed by atoms with E-state index in [2.05, 4.69) is 42.6 Å². The van der Waals surface area contributed by atoms with Crippen molar-refractivity contribution in [2.45, 2.75) is 32.1 Å². The number of piperidine rings is 1. The lowest BCUT2D eigenvalue weighted by molar-refractivity contribution is 0.243. The van der Waals surface area contributed by atoms with Crippen molar-refractivity contribution in [1.82, 2.24) is 5.32 Å². The minimum atomic E-state index is 0.620. The second kappa shape index (κ2) is 6.91. The molecule has 18 heavy (non-hydrogen) atoms. The van der Waals surface area contributed by atoms with Gasteiger partial charge in [0.15, 0.2) is 0 Å². The Morgan fingerprint density at radius 2 is 1.89 bits per heavy atom. The molecule has 1 aromatic rings. The van der Waals surface area contributed by atoms with Gasteiger partial charge in [0.25, 0.3) is 0 Å². The van der Waals surface area contributed by atoms with Crippen LogP contribution in [0.25, 0.3) is 0 Å². The summed E-state index contributed by atoms with van der Waals surface area (Å²) in [6.07, 6.45) is 3.82. The van der Waals surface area contributed by atoms with Crippen LogP contribution in [-0.4, -0.2) is 19.6 Å². The van der Waals surface area contributed by atoms with Crippen LogP contribution in [0.2, 0.25) is 0 Å². The van der Waals surface area contributed by atoms with Crippen LogP contribution in [0.1, 0.15) is 37.7 Å². The molecule has 1 saturated heterocycles. The lowest BCUT2D eigenvalue weighted by Crippen LogP contribution is -2.35. The molecule has 2 heteroatoms. The third kappa shape index (κ3) is 3.56. The summed E-state index contributed by atoms with van der Waals surface area (Å²) in [6, 6.07) is 10.8. The predicted molar refractivity (Wildman–Crippen MR) is 77.6 cm³/mol. The van der Waals surface area contributed by atoms with Crippen molar-refractivity contribution in [1.29, 1.82) is 0 Å². The quantitative estimate of drug-likeness (QED) is 0.838. The van der Waals surface area contributed by atoms with Gasteiger partial charge >= 0.3 is 0 Å². The third-order valence-electron chi connectivity index (χ3n) is 4.38. The largest absolute Gasteiger partial charge is 0.330 e. The third-order valence-corrected chi connectivity index (χ3v) is 4.38. The maximum Gasteiger partial charge on any atom is -0.00460 e. The molecule has 0 spiro atoms. The minimum absolute atomic E-state index is 0.620. The van der Waals surface area contributed by atoms with Crippen molar-refractivity contribution < 1.29 is 0 Å². The van der Waals surface area contributed by atoms with Crippen molar-refractivity contribution in [3.8, 4) is 0 Å². The first-order valence-corrected chi connectivity index (χ1v) is 7.27. The predicted octanol–water partition coefficient (Wildman–Crippen LogP) is 2.75. The SMILES string of the molecule is C[C@@H](C[C@H](CN)C1CCNCC1)c1ccccc1. The fourth-order valence-electron chi connectivity index (χ4n) is 3.17. The fraction of sp³-hybridized carbons (Fsp3) is 0.625. The molecular weight excluding hydrogens is 220 g/mol. The number of hydrogen-bond acceptors (Lipinski definition) is 2. The molecule has 0 aromatic heterocycles. The summed E-state index contributed by atoms with van der Waals surface area (Å²) >= 11 is 0. The molecule has 1 aliphatic rings. The van der Waals surface area contributed by atoms with Crippen LogP contribution in [0.15, 0.2) is 30.3 Å². The zero-order chi connectivity index (χ0) is 12.8. The maximum atomic E-state index is 6.01. The molecule has 0 unspecified atom stereocenters. The van der Waals surface area contributed by atoms with Gasteiger partial charge < -0.3 is 11.1 Å². The van der Waals surface area contributed by atoms with Gasteiger partial charge in [-0.3, -0.25) is 0 Å². The molecule has 0 bridgehead atoms. The molecule has 2 atom stereocenters. The van der Waals surface area contributed by atoms with Crippen LogP contribution in [0.3, 0.4) is 0 Å². The number of hydrogen-bond donors (Lipinski definition) is 2. The molecule has 0 amide bonds. The molecule has 0 saturated carbocycles.